The summed E-state index contributed by atoms with van der Waals surface area (Å²) in [5.74, 6) is -0.994. The normalized spacial score (nSPS) is 12.6. The maximum atomic E-state index is 11.5. The van der Waals surface area contributed by atoms with Crippen molar-refractivity contribution in [1.82, 2.24) is 15.5 Å². The highest BCUT2D eigenvalue weighted by molar-refractivity contribution is 5.82. The van der Waals surface area contributed by atoms with E-state index in [0.717, 1.165) is 6.54 Å². The lowest BCUT2D eigenvalue weighted by Crippen LogP contribution is -2.47. The first-order valence-corrected chi connectivity index (χ1v) is 6.35. The van der Waals surface area contributed by atoms with E-state index < -0.39 is 18.0 Å². The molecule has 0 fully saturated rings. The average Bonchev–Trinajstić information content (AvgIpc) is 2.27. The SMILES string of the molecule is CCC[C@H](NC(=O)NCCN(C)C(C)C)C(=O)O. The number of urea groups is 1. The van der Waals surface area contributed by atoms with Crippen LogP contribution >= 0.6 is 0 Å². The molecule has 0 rings (SSSR count). The molecule has 0 unspecified atom stereocenters. The molecule has 0 aliphatic carbocycles. The molecular formula is C12H25N3O3. The second kappa shape index (κ2) is 8.74. The number of nitrogens with zero attached hydrogens (tertiary/aromatic N) is 1. The van der Waals surface area contributed by atoms with Crippen LogP contribution in [0.3, 0.4) is 0 Å². The summed E-state index contributed by atoms with van der Waals surface area (Å²) in [5, 5.41) is 14.0. The van der Waals surface area contributed by atoms with Gasteiger partial charge in [-0.1, -0.05) is 13.3 Å². The van der Waals surface area contributed by atoms with Crippen LogP contribution in [0.25, 0.3) is 0 Å². The van der Waals surface area contributed by atoms with Gasteiger partial charge in [0.2, 0.25) is 0 Å². The second-order valence-electron chi connectivity index (χ2n) is 4.65. The first-order chi connectivity index (χ1) is 8.38. The Balaban J connectivity index is 3.92. The van der Waals surface area contributed by atoms with Crippen LogP contribution in [0.5, 0.6) is 0 Å². The summed E-state index contributed by atoms with van der Waals surface area (Å²) in [6.07, 6.45) is 1.15. The van der Waals surface area contributed by atoms with Gasteiger partial charge in [0.25, 0.3) is 0 Å². The van der Waals surface area contributed by atoms with E-state index in [4.69, 9.17) is 5.11 Å². The zero-order chi connectivity index (χ0) is 14.1. The summed E-state index contributed by atoms with van der Waals surface area (Å²) in [4.78, 5) is 24.4. The molecule has 0 bridgehead atoms. The number of rotatable bonds is 8. The fourth-order valence-electron chi connectivity index (χ4n) is 1.36. The van der Waals surface area contributed by atoms with Crippen LogP contribution in [0.15, 0.2) is 0 Å². The van der Waals surface area contributed by atoms with E-state index >= 15 is 0 Å². The lowest BCUT2D eigenvalue weighted by atomic mass is 10.2. The van der Waals surface area contributed by atoms with Crippen LogP contribution in [0, 0.1) is 0 Å². The highest BCUT2D eigenvalue weighted by atomic mass is 16.4. The Morgan fingerprint density at radius 1 is 1.33 bits per heavy atom. The van der Waals surface area contributed by atoms with Crippen molar-refractivity contribution < 1.29 is 14.7 Å². The average molecular weight is 259 g/mol. The molecule has 6 nitrogen and oxygen atoms in total. The van der Waals surface area contributed by atoms with Crippen molar-refractivity contribution in [3.05, 3.63) is 0 Å². The number of likely N-dealkylation sites (N-methyl/N-ethyl adjacent to an activating group) is 1. The third-order valence-corrected chi connectivity index (χ3v) is 2.81. The monoisotopic (exact) mass is 259 g/mol. The molecule has 0 heterocycles. The van der Waals surface area contributed by atoms with Crippen LogP contribution < -0.4 is 10.6 Å². The zero-order valence-electron chi connectivity index (χ0n) is 11.7. The molecule has 0 spiro atoms. The maximum absolute atomic E-state index is 11.5. The van der Waals surface area contributed by atoms with E-state index in [1.165, 1.54) is 0 Å². The number of carbonyl (C=O) groups is 2. The minimum atomic E-state index is -0.994. The number of aliphatic carboxylic acids is 1. The molecule has 3 N–H and O–H groups in total. The van der Waals surface area contributed by atoms with Gasteiger partial charge in [0.15, 0.2) is 0 Å². The van der Waals surface area contributed by atoms with Gasteiger partial charge in [-0.25, -0.2) is 9.59 Å². The molecule has 0 aliphatic heterocycles. The molecule has 0 aromatic heterocycles. The minimum Gasteiger partial charge on any atom is -0.480 e. The largest absolute Gasteiger partial charge is 0.480 e. The molecule has 18 heavy (non-hydrogen) atoms. The molecule has 0 saturated carbocycles. The van der Waals surface area contributed by atoms with Crippen LogP contribution in [0.4, 0.5) is 4.79 Å². The van der Waals surface area contributed by atoms with E-state index in [1.807, 2.05) is 14.0 Å². The highest BCUT2D eigenvalue weighted by Crippen LogP contribution is 1.96. The Hall–Kier alpha value is -1.30. The number of hydrogen-bond donors (Lipinski definition) is 3. The summed E-state index contributed by atoms with van der Waals surface area (Å²) in [7, 11) is 1.97. The number of carboxylic acid groups (broad SMARTS) is 1. The third kappa shape index (κ3) is 7.11. The van der Waals surface area contributed by atoms with Crippen LogP contribution in [-0.4, -0.2) is 54.2 Å². The van der Waals surface area contributed by atoms with Crippen LogP contribution in [0.2, 0.25) is 0 Å². The highest BCUT2D eigenvalue weighted by Gasteiger charge is 2.18. The zero-order valence-corrected chi connectivity index (χ0v) is 11.7. The van der Waals surface area contributed by atoms with Crippen LogP contribution in [0.1, 0.15) is 33.6 Å². The van der Waals surface area contributed by atoms with E-state index in [1.54, 1.807) is 0 Å². The Kier molecular flexibility index (Phi) is 8.11. The molecule has 2 amide bonds. The maximum Gasteiger partial charge on any atom is 0.326 e. The van der Waals surface area contributed by atoms with Gasteiger partial charge in [-0.05, 0) is 27.3 Å². The number of nitrogens with one attached hydrogen (secondary N) is 2. The van der Waals surface area contributed by atoms with Gasteiger partial charge in [0, 0.05) is 19.1 Å². The predicted molar refractivity (Wildman–Crippen MR) is 70.6 cm³/mol. The molecule has 1 atom stereocenters. The number of amides is 2. The number of hydrogen-bond acceptors (Lipinski definition) is 3. The van der Waals surface area contributed by atoms with E-state index in [9.17, 15) is 9.59 Å². The second-order valence-corrected chi connectivity index (χ2v) is 4.65. The minimum absolute atomic E-state index is 0.418. The summed E-state index contributed by atoms with van der Waals surface area (Å²) in [6, 6.07) is -0.812. The quantitative estimate of drug-likeness (QED) is 0.604. The molecule has 0 radical (unpaired) electrons. The van der Waals surface area contributed by atoms with Crippen molar-refractivity contribution in [2.75, 3.05) is 20.1 Å². The molecule has 106 valence electrons. The fourth-order valence-corrected chi connectivity index (χ4v) is 1.36. The molecular weight excluding hydrogens is 234 g/mol. The van der Waals surface area contributed by atoms with Crippen molar-refractivity contribution in [3.8, 4) is 0 Å². The number of carbonyl (C=O) groups excluding carboxylic acids is 1. The van der Waals surface area contributed by atoms with E-state index in [0.29, 0.717) is 25.4 Å². The fraction of sp³-hybridized carbons (Fsp3) is 0.833. The number of carboxylic acids is 1. The topological polar surface area (TPSA) is 81.7 Å². The van der Waals surface area contributed by atoms with Crippen molar-refractivity contribution in [1.29, 1.82) is 0 Å². The Bertz CT molecular complexity index is 269. The van der Waals surface area contributed by atoms with Gasteiger partial charge >= 0.3 is 12.0 Å². The molecule has 6 heteroatoms. The van der Waals surface area contributed by atoms with Crippen molar-refractivity contribution in [2.24, 2.45) is 0 Å². The van der Waals surface area contributed by atoms with Crippen LogP contribution in [-0.2, 0) is 4.79 Å². The Morgan fingerprint density at radius 3 is 2.39 bits per heavy atom. The summed E-state index contributed by atoms with van der Waals surface area (Å²) in [6.45, 7) is 7.26. The summed E-state index contributed by atoms with van der Waals surface area (Å²) in [5.41, 5.74) is 0. The van der Waals surface area contributed by atoms with Gasteiger partial charge in [-0.2, -0.15) is 0 Å². The molecule has 0 aliphatic rings. The standard InChI is InChI=1S/C12H25N3O3/c1-5-6-10(11(16)17)14-12(18)13-7-8-15(4)9(2)3/h9-10H,5-8H2,1-4H3,(H,16,17)(H2,13,14,18)/t10-/m0/s1. The summed E-state index contributed by atoms with van der Waals surface area (Å²) >= 11 is 0. The van der Waals surface area contributed by atoms with Crippen molar-refractivity contribution in [2.45, 2.75) is 45.7 Å². The lowest BCUT2D eigenvalue weighted by molar-refractivity contribution is -0.139. The van der Waals surface area contributed by atoms with Gasteiger partial charge in [-0.3, -0.25) is 0 Å². The van der Waals surface area contributed by atoms with Gasteiger partial charge in [-0.15, -0.1) is 0 Å². The summed E-state index contributed by atoms with van der Waals surface area (Å²) < 4.78 is 0. The first-order valence-electron chi connectivity index (χ1n) is 6.35. The predicted octanol–water partition coefficient (Wildman–Crippen LogP) is 0.879. The lowest BCUT2D eigenvalue weighted by Gasteiger charge is -2.21. The smallest absolute Gasteiger partial charge is 0.326 e. The first kappa shape index (κ1) is 16.7. The van der Waals surface area contributed by atoms with E-state index in [-0.39, 0.29) is 0 Å². The molecule has 0 saturated heterocycles. The van der Waals surface area contributed by atoms with Crippen molar-refractivity contribution >= 4 is 12.0 Å². The van der Waals surface area contributed by atoms with Gasteiger partial charge in [0.05, 0.1) is 0 Å². The molecule has 0 aromatic carbocycles. The Morgan fingerprint density at radius 2 is 1.94 bits per heavy atom. The van der Waals surface area contributed by atoms with Crippen molar-refractivity contribution in [3.63, 3.8) is 0 Å². The Labute approximate surface area is 109 Å². The van der Waals surface area contributed by atoms with Gasteiger partial charge in [0.1, 0.15) is 6.04 Å². The van der Waals surface area contributed by atoms with E-state index in [2.05, 4.69) is 29.4 Å². The van der Waals surface area contributed by atoms with Gasteiger partial charge < -0.3 is 20.6 Å². The molecule has 0 aromatic rings. The third-order valence-electron chi connectivity index (χ3n) is 2.81.